The van der Waals surface area contributed by atoms with E-state index >= 15 is 0 Å². The lowest BCUT2D eigenvalue weighted by Crippen LogP contribution is -2.58. The lowest BCUT2D eigenvalue weighted by atomic mass is 10.1. The molecule has 0 spiro atoms. The Kier molecular flexibility index (Phi) is 9.93. The van der Waals surface area contributed by atoms with Crippen molar-refractivity contribution in [2.45, 2.75) is 32.2 Å². The summed E-state index contributed by atoms with van der Waals surface area (Å²) in [6, 6.07) is 6.39. The highest BCUT2D eigenvalue weighted by molar-refractivity contribution is 5.93. The van der Waals surface area contributed by atoms with Crippen LogP contribution in [0.3, 0.4) is 0 Å². The Hall–Kier alpha value is -2.81. The van der Waals surface area contributed by atoms with Crippen molar-refractivity contribution < 1.29 is 28.6 Å². The Morgan fingerprint density at radius 1 is 1.27 bits per heavy atom. The molecule has 1 saturated heterocycles. The van der Waals surface area contributed by atoms with Crippen LogP contribution in [0.25, 0.3) is 0 Å². The van der Waals surface area contributed by atoms with Gasteiger partial charge >= 0.3 is 5.97 Å². The van der Waals surface area contributed by atoms with Crippen molar-refractivity contribution in [3.05, 3.63) is 24.3 Å². The molecule has 1 aliphatic heterocycles. The summed E-state index contributed by atoms with van der Waals surface area (Å²) in [4.78, 5) is 38.5. The van der Waals surface area contributed by atoms with Gasteiger partial charge in [-0.1, -0.05) is 19.4 Å². The number of hydrogen-bond acceptors (Lipinski definition) is 7. The van der Waals surface area contributed by atoms with E-state index in [0.29, 0.717) is 38.7 Å². The van der Waals surface area contributed by atoms with Crippen LogP contribution in [-0.2, 0) is 23.9 Å². The zero-order valence-corrected chi connectivity index (χ0v) is 17.6. The summed E-state index contributed by atoms with van der Waals surface area (Å²) in [5.74, 6) is -0.413. The molecular weight excluding hydrogens is 390 g/mol. The van der Waals surface area contributed by atoms with Gasteiger partial charge < -0.3 is 29.7 Å². The molecule has 1 fully saturated rings. The maximum absolute atomic E-state index is 12.7. The molecule has 1 heterocycles. The van der Waals surface area contributed by atoms with Gasteiger partial charge in [0, 0.05) is 32.0 Å². The molecule has 2 amide bonds. The van der Waals surface area contributed by atoms with Crippen molar-refractivity contribution >= 4 is 23.5 Å². The zero-order chi connectivity index (χ0) is 21.8. The fourth-order valence-electron chi connectivity index (χ4n) is 2.98. The molecule has 0 radical (unpaired) electrons. The van der Waals surface area contributed by atoms with E-state index in [1.54, 1.807) is 13.2 Å². The molecule has 0 saturated carbocycles. The smallest absolute Gasteiger partial charge is 0.308 e. The topological polar surface area (TPSA) is 106 Å². The van der Waals surface area contributed by atoms with Crippen molar-refractivity contribution in [3.63, 3.8) is 0 Å². The number of methoxy groups -OCH3 is 1. The molecule has 2 N–H and O–H groups in total. The van der Waals surface area contributed by atoms with Gasteiger partial charge in [0.1, 0.15) is 18.4 Å². The molecule has 0 aromatic heterocycles. The lowest BCUT2D eigenvalue weighted by Gasteiger charge is -2.34. The largest absolute Gasteiger partial charge is 0.491 e. The van der Waals surface area contributed by atoms with Crippen LogP contribution < -0.4 is 15.4 Å². The first-order valence-corrected chi connectivity index (χ1v) is 10.2. The van der Waals surface area contributed by atoms with Gasteiger partial charge in [0.05, 0.1) is 26.2 Å². The predicted octanol–water partition coefficient (Wildman–Crippen LogP) is 1.18. The number of nitrogens with one attached hydrogen (secondary N) is 2. The minimum absolute atomic E-state index is 0.00378. The Balaban J connectivity index is 1.91. The van der Waals surface area contributed by atoms with Crippen molar-refractivity contribution in [2.24, 2.45) is 0 Å². The third kappa shape index (κ3) is 7.55. The number of rotatable bonds is 12. The van der Waals surface area contributed by atoms with Gasteiger partial charge in [-0.05, 0) is 18.6 Å². The number of ether oxygens (including phenoxy) is 3. The lowest BCUT2D eigenvalue weighted by molar-refractivity contribution is -0.151. The van der Waals surface area contributed by atoms with E-state index in [4.69, 9.17) is 14.2 Å². The van der Waals surface area contributed by atoms with E-state index in [0.717, 1.165) is 18.5 Å². The number of hydrogen-bond donors (Lipinski definition) is 2. The van der Waals surface area contributed by atoms with Gasteiger partial charge in [0.2, 0.25) is 11.8 Å². The van der Waals surface area contributed by atoms with Crippen LogP contribution in [0.15, 0.2) is 24.3 Å². The van der Waals surface area contributed by atoms with Crippen molar-refractivity contribution in [1.82, 2.24) is 10.2 Å². The summed E-state index contributed by atoms with van der Waals surface area (Å²) in [6.45, 7) is 3.93. The molecule has 1 aliphatic rings. The average molecular weight is 421 g/mol. The molecule has 9 nitrogen and oxygen atoms in total. The summed E-state index contributed by atoms with van der Waals surface area (Å²) in [6.07, 6.45) is 1.53. The van der Waals surface area contributed by atoms with E-state index in [-0.39, 0.29) is 24.8 Å². The van der Waals surface area contributed by atoms with Crippen molar-refractivity contribution in [2.75, 3.05) is 51.9 Å². The molecule has 0 aliphatic carbocycles. The number of nitrogens with zero attached hydrogens (tertiary/aromatic N) is 1. The van der Waals surface area contributed by atoms with E-state index in [2.05, 4.69) is 10.6 Å². The number of carbonyl (C=O) groups excluding carboxylic acids is 3. The minimum atomic E-state index is -0.856. The van der Waals surface area contributed by atoms with Gasteiger partial charge in [0.25, 0.3) is 0 Å². The van der Waals surface area contributed by atoms with Gasteiger partial charge in [-0.2, -0.15) is 0 Å². The summed E-state index contributed by atoms with van der Waals surface area (Å²) >= 11 is 0. The number of piperazine rings is 1. The standard InChI is InChI=1S/C21H31N3O6/c1-3-4-10-30-20(26)14-18-21(27)22-8-9-24(18)19(25)15-23-16-6-5-7-17(13-16)29-12-11-28-2/h5-7,13,18,23H,3-4,8-12,14-15H2,1-2H3,(H,22,27). The summed E-state index contributed by atoms with van der Waals surface area (Å²) < 4.78 is 15.7. The SMILES string of the molecule is CCCCOC(=O)CC1C(=O)NCCN1C(=O)CNc1cccc(OCCOC)c1. The second-order valence-corrected chi connectivity index (χ2v) is 6.89. The van der Waals surface area contributed by atoms with Crippen molar-refractivity contribution in [1.29, 1.82) is 0 Å². The van der Waals surface area contributed by atoms with Gasteiger partial charge in [-0.15, -0.1) is 0 Å². The van der Waals surface area contributed by atoms with E-state index in [1.165, 1.54) is 4.90 Å². The highest BCUT2D eigenvalue weighted by Crippen LogP contribution is 2.18. The number of carbonyl (C=O) groups is 3. The van der Waals surface area contributed by atoms with Crippen LogP contribution >= 0.6 is 0 Å². The second kappa shape index (κ2) is 12.7. The Labute approximate surface area is 177 Å². The van der Waals surface area contributed by atoms with E-state index in [9.17, 15) is 14.4 Å². The molecule has 9 heteroatoms. The number of esters is 1. The predicted molar refractivity (Wildman–Crippen MR) is 111 cm³/mol. The second-order valence-electron chi connectivity index (χ2n) is 6.89. The minimum Gasteiger partial charge on any atom is -0.491 e. The third-order valence-corrected chi connectivity index (χ3v) is 4.61. The van der Waals surface area contributed by atoms with Crippen molar-refractivity contribution in [3.8, 4) is 5.75 Å². The molecule has 1 unspecified atom stereocenters. The van der Waals surface area contributed by atoms with Crippen LogP contribution in [-0.4, -0.2) is 75.3 Å². The number of benzene rings is 1. The molecule has 1 atom stereocenters. The summed E-state index contributed by atoms with van der Waals surface area (Å²) in [5.41, 5.74) is 0.718. The molecule has 30 heavy (non-hydrogen) atoms. The summed E-state index contributed by atoms with van der Waals surface area (Å²) in [5, 5.41) is 5.76. The molecule has 2 rings (SSSR count). The summed E-state index contributed by atoms with van der Waals surface area (Å²) in [7, 11) is 1.60. The number of anilines is 1. The first-order valence-electron chi connectivity index (χ1n) is 10.2. The zero-order valence-electron chi connectivity index (χ0n) is 17.6. The van der Waals surface area contributed by atoms with Gasteiger partial charge in [-0.25, -0.2) is 0 Å². The average Bonchev–Trinajstić information content (AvgIpc) is 2.74. The first-order chi connectivity index (χ1) is 14.5. The quantitative estimate of drug-likeness (QED) is 0.386. The molecule has 1 aromatic rings. The number of amides is 2. The Morgan fingerprint density at radius 2 is 2.10 bits per heavy atom. The molecule has 166 valence electrons. The molecular formula is C21H31N3O6. The van der Waals surface area contributed by atoms with Crippen LogP contribution in [0.1, 0.15) is 26.2 Å². The number of unbranched alkanes of at least 4 members (excludes halogenated alkanes) is 1. The molecule has 0 bridgehead atoms. The van der Waals surface area contributed by atoms with Gasteiger partial charge in [-0.3, -0.25) is 14.4 Å². The van der Waals surface area contributed by atoms with Gasteiger partial charge in [0.15, 0.2) is 0 Å². The fourth-order valence-corrected chi connectivity index (χ4v) is 2.98. The first kappa shape index (κ1) is 23.5. The highest BCUT2D eigenvalue weighted by Gasteiger charge is 2.34. The fraction of sp³-hybridized carbons (Fsp3) is 0.571. The monoisotopic (exact) mass is 421 g/mol. The Morgan fingerprint density at radius 3 is 2.87 bits per heavy atom. The van der Waals surface area contributed by atoms with Crippen LogP contribution in [0.2, 0.25) is 0 Å². The maximum atomic E-state index is 12.7. The van der Waals surface area contributed by atoms with Crippen LogP contribution in [0, 0.1) is 0 Å². The van der Waals surface area contributed by atoms with E-state index < -0.39 is 12.0 Å². The molecule has 1 aromatic carbocycles. The third-order valence-electron chi connectivity index (χ3n) is 4.61. The maximum Gasteiger partial charge on any atom is 0.308 e. The van der Waals surface area contributed by atoms with Crippen LogP contribution in [0.4, 0.5) is 5.69 Å². The normalized spacial score (nSPS) is 16.0. The Bertz CT molecular complexity index is 712. The highest BCUT2D eigenvalue weighted by atomic mass is 16.5. The van der Waals surface area contributed by atoms with E-state index in [1.807, 2.05) is 25.1 Å². The van der Waals surface area contributed by atoms with Crippen LogP contribution in [0.5, 0.6) is 5.75 Å².